The number of rotatable bonds is 2. The summed E-state index contributed by atoms with van der Waals surface area (Å²) in [6, 6.07) is 9.98. The fourth-order valence-corrected chi connectivity index (χ4v) is 3.11. The lowest BCUT2D eigenvalue weighted by atomic mass is 9.69. The van der Waals surface area contributed by atoms with E-state index in [1.165, 1.54) is 5.56 Å². The van der Waals surface area contributed by atoms with Crippen LogP contribution < -0.4 is 4.74 Å². The van der Waals surface area contributed by atoms with Gasteiger partial charge in [0, 0.05) is 0 Å². The van der Waals surface area contributed by atoms with Crippen molar-refractivity contribution < 1.29 is 14.6 Å². The van der Waals surface area contributed by atoms with Crippen molar-refractivity contribution >= 4 is 22.3 Å². The van der Waals surface area contributed by atoms with E-state index in [9.17, 15) is 9.90 Å². The molecule has 1 aliphatic carbocycles. The zero-order valence-corrected chi connectivity index (χ0v) is 12.3. The molecule has 0 aliphatic heterocycles. The van der Waals surface area contributed by atoms with Gasteiger partial charge in [-0.2, -0.15) is 0 Å². The second kappa shape index (κ2) is 4.62. The average Bonchev–Trinajstić information content (AvgIpc) is 2.49. The van der Waals surface area contributed by atoms with E-state index in [4.69, 9.17) is 4.74 Å². The molecule has 0 amide bonds. The minimum Gasteiger partial charge on any atom is -0.497 e. The molecule has 0 radical (unpaired) electrons. The van der Waals surface area contributed by atoms with Crippen molar-refractivity contribution in [3.8, 4) is 5.75 Å². The molecule has 108 valence electrons. The fraction of sp³-hybridized carbons (Fsp3) is 0.278. The van der Waals surface area contributed by atoms with Crippen LogP contribution in [0.4, 0.5) is 0 Å². The summed E-state index contributed by atoms with van der Waals surface area (Å²) in [5.41, 5.74) is 2.00. The molecule has 2 aromatic rings. The highest BCUT2D eigenvalue weighted by atomic mass is 16.5. The van der Waals surface area contributed by atoms with Gasteiger partial charge in [0.2, 0.25) is 0 Å². The Bertz CT molecular complexity index is 760. The van der Waals surface area contributed by atoms with Crippen LogP contribution in [0.1, 0.15) is 24.5 Å². The van der Waals surface area contributed by atoms with Crippen LogP contribution in [-0.2, 0) is 11.2 Å². The van der Waals surface area contributed by atoms with Crippen LogP contribution >= 0.6 is 0 Å². The number of hydrogen-bond acceptors (Lipinski definition) is 2. The van der Waals surface area contributed by atoms with Crippen molar-refractivity contribution in [2.45, 2.75) is 19.8 Å². The molecule has 1 atom stereocenters. The van der Waals surface area contributed by atoms with Gasteiger partial charge in [-0.25, -0.2) is 0 Å². The third-order valence-corrected chi connectivity index (χ3v) is 4.68. The minimum atomic E-state index is -0.868. The van der Waals surface area contributed by atoms with Crippen LogP contribution in [-0.4, -0.2) is 18.2 Å². The molecule has 3 rings (SSSR count). The summed E-state index contributed by atoms with van der Waals surface area (Å²) < 4.78 is 5.26. The van der Waals surface area contributed by atoms with Crippen LogP contribution in [0.2, 0.25) is 0 Å². The Morgan fingerprint density at radius 1 is 1.33 bits per heavy atom. The van der Waals surface area contributed by atoms with Gasteiger partial charge in [0.25, 0.3) is 0 Å². The maximum atomic E-state index is 11.6. The van der Waals surface area contributed by atoms with Gasteiger partial charge >= 0.3 is 5.97 Å². The van der Waals surface area contributed by atoms with E-state index in [-0.39, 0.29) is 0 Å². The van der Waals surface area contributed by atoms with Crippen LogP contribution in [0.5, 0.6) is 5.75 Å². The summed E-state index contributed by atoms with van der Waals surface area (Å²) in [7, 11) is 1.65. The Labute approximate surface area is 123 Å². The molecule has 0 bridgehead atoms. The van der Waals surface area contributed by atoms with Crippen molar-refractivity contribution in [3.05, 3.63) is 48.0 Å². The molecule has 0 saturated heterocycles. The first-order chi connectivity index (χ1) is 9.97. The summed E-state index contributed by atoms with van der Waals surface area (Å²) in [6.45, 7) is 5.83. The number of fused-ring (bicyclic) bond motifs is 3. The Hall–Kier alpha value is -2.29. The number of aryl methyl sites for hydroxylation is 1. The second-order valence-corrected chi connectivity index (χ2v) is 5.79. The molecule has 21 heavy (non-hydrogen) atoms. The standard InChI is InChI=1S/C18H18O3/c1-11-14-6-4-12-10-13(21-3)5-7-15(12)16(14)8-9-18(11,2)17(19)20/h4-7,10H,1,8-9H2,2-3H3,(H,19,20). The fourth-order valence-electron chi connectivity index (χ4n) is 3.11. The van der Waals surface area contributed by atoms with Crippen LogP contribution in [0.3, 0.4) is 0 Å². The summed E-state index contributed by atoms with van der Waals surface area (Å²) >= 11 is 0. The predicted octanol–water partition coefficient (Wildman–Crippen LogP) is 3.90. The van der Waals surface area contributed by atoms with E-state index >= 15 is 0 Å². The van der Waals surface area contributed by atoms with E-state index in [1.807, 2.05) is 30.3 Å². The van der Waals surface area contributed by atoms with Gasteiger partial charge in [-0.1, -0.05) is 24.8 Å². The molecule has 0 fully saturated rings. The van der Waals surface area contributed by atoms with E-state index in [2.05, 4.69) is 6.58 Å². The van der Waals surface area contributed by atoms with Crippen molar-refractivity contribution in [2.75, 3.05) is 7.11 Å². The molecule has 2 aromatic carbocycles. The van der Waals surface area contributed by atoms with E-state index in [0.29, 0.717) is 12.0 Å². The number of carboxylic acids is 1. The SMILES string of the molecule is C=C1c2ccc3cc(OC)ccc3c2CCC1(C)C(=O)O. The lowest BCUT2D eigenvalue weighted by molar-refractivity contribution is -0.144. The molecule has 3 heteroatoms. The Balaban J connectivity index is 2.19. The minimum absolute atomic E-state index is 0.583. The smallest absolute Gasteiger partial charge is 0.313 e. The lowest BCUT2D eigenvalue weighted by Gasteiger charge is -2.34. The molecule has 3 nitrogen and oxygen atoms in total. The summed E-state index contributed by atoms with van der Waals surface area (Å²) in [5, 5.41) is 11.8. The molecular weight excluding hydrogens is 264 g/mol. The molecular formula is C18H18O3. The molecule has 1 aliphatic rings. The number of aliphatic carboxylic acids is 1. The van der Waals surface area contributed by atoms with Crippen LogP contribution in [0.25, 0.3) is 16.3 Å². The number of methoxy groups -OCH3 is 1. The first-order valence-corrected chi connectivity index (χ1v) is 7.00. The van der Waals surface area contributed by atoms with Crippen molar-refractivity contribution in [3.63, 3.8) is 0 Å². The quantitative estimate of drug-likeness (QED) is 0.908. The summed E-state index contributed by atoms with van der Waals surface area (Å²) in [5.74, 6) is 0.0282. The zero-order valence-electron chi connectivity index (χ0n) is 12.3. The molecule has 0 saturated carbocycles. The summed E-state index contributed by atoms with van der Waals surface area (Å²) in [4.78, 5) is 11.6. The van der Waals surface area contributed by atoms with E-state index in [1.54, 1.807) is 14.0 Å². The Morgan fingerprint density at radius 2 is 2.10 bits per heavy atom. The molecule has 0 spiro atoms. The van der Waals surface area contributed by atoms with E-state index < -0.39 is 11.4 Å². The average molecular weight is 282 g/mol. The lowest BCUT2D eigenvalue weighted by Crippen LogP contribution is -2.32. The van der Waals surface area contributed by atoms with Gasteiger partial charge in [-0.15, -0.1) is 0 Å². The van der Waals surface area contributed by atoms with Gasteiger partial charge in [-0.05, 0) is 59.4 Å². The zero-order chi connectivity index (χ0) is 15.2. The van der Waals surface area contributed by atoms with Crippen molar-refractivity contribution in [2.24, 2.45) is 5.41 Å². The Morgan fingerprint density at radius 3 is 2.76 bits per heavy atom. The maximum absolute atomic E-state index is 11.6. The number of hydrogen-bond donors (Lipinski definition) is 1. The third-order valence-electron chi connectivity index (χ3n) is 4.68. The second-order valence-electron chi connectivity index (χ2n) is 5.79. The van der Waals surface area contributed by atoms with E-state index in [0.717, 1.165) is 28.5 Å². The number of ether oxygens (including phenoxy) is 1. The third kappa shape index (κ3) is 1.92. The number of carboxylic acid groups (broad SMARTS) is 1. The van der Waals surface area contributed by atoms with Gasteiger partial charge in [0.1, 0.15) is 5.75 Å². The maximum Gasteiger partial charge on any atom is 0.313 e. The molecule has 0 heterocycles. The monoisotopic (exact) mass is 282 g/mol. The molecule has 1 unspecified atom stereocenters. The highest BCUT2D eigenvalue weighted by Crippen LogP contribution is 2.46. The topological polar surface area (TPSA) is 46.5 Å². The highest BCUT2D eigenvalue weighted by molar-refractivity contribution is 5.98. The predicted molar refractivity (Wildman–Crippen MR) is 83.6 cm³/mol. The Kier molecular flexibility index (Phi) is 3.01. The highest BCUT2D eigenvalue weighted by Gasteiger charge is 2.40. The first kappa shape index (κ1) is 13.7. The number of carbonyl (C=O) groups is 1. The van der Waals surface area contributed by atoms with Crippen molar-refractivity contribution in [1.29, 1.82) is 0 Å². The first-order valence-electron chi connectivity index (χ1n) is 7.00. The number of benzene rings is 2. The largest absolute Gasteiger partial charge is 0.497 e. The van der Waals surface area contributed by atoms with Crippen molar-refractivity contribution in [1.82, 2.24) is 0 Å². The normalized spacial score (nSPS) is 21.1. The van der Waals surface area contributed by atoms with Gasteiger partial charge in [0.15, 0.2) is 0 Å². The van der Waals surface area contributed by atoms with Crippen LogP contribution in [0, 0.1) is 5.41 Å². The summed E-state index contributed by atoms with van der Waals surface area (Å²) in [6.07, 6.45) is 1.33. The van der Waals surface area contributed by atoms with Gasteiger partial charge in [0.05, 0.1) is 12.5 Å². The molecule has 0 aromatic heterocycles. The van der Waals surface area contributed by atoms with Gasteiger partial charge < -0.3 is 9.84 Å². The van der Waals surface area contributed by atoms with Crippen LogP contribution in [0.15, 0.2) is 36.9 Å². The molecule has 1 N–H and O–H groups in total. The van der Waals surface area contributed by atoms with Gasteiger partial charge in [-0.3, -0.25) is 4.79 Å².